The lowest BCUT2D eigenvalue weighted by molar-refractivity contribution is 0.0941. The molecule has 0 spiro atoms. The number of carbonyl (C=O) groups excluding carboxylic acids is 1. The van der Waals surface area contributed by atoms with Gasteiger partial charge in [-0.1, -0.05) is 24.3 Å². The summed E-state index contributed by atoms with van der Waals surface area (Å²) in [6, 6.07) is 15.5. The van der Waals surface area contributed by atoms with Crippen LogP contribution < -0.4 is 10.1 Å². The number of nitrogens with one attached hydrogen (secondary N) is 1. The van der Waals surface area contributed by atoms with E-state index in [0.29, 0.717) is 18.7 Å². The Kier molecular flexibility index (Phi) is 6.82. The Morgan fingerprint density at radius 1 is 1.17 bits per heavy atom. The third-order valence-corrected chi connectivity index (χ3v) is 4.47. The molecule has 1 unspecified atom stereocenters. The van der Waals surface area contributed by atoms with Gasteiger partial charge in [0.05, 0.1) is 18.2 Å². The molecular formula is C19H23BrN2O2. The van der Waals surface area contributed by atoms with Crippen LogP contribution in [0, 0.1) is 0 Å². The lowest BCUT2D eigenvalue weighted by atomic mass is 10.1. The average molecular weight is 391 g/mol. The molecule has 24 heavy (non-hydrogen) atoms. The van der Waals surface area contributed by atoms with Gasteiger partial charge < -0.3 is 15.0 Å². The Bertz CT molecular complexity index is 671. The predicted octanol–water partition coefficient (Wildman–Crippen LogP) is 3.88. The van der Waals surface area contributed by atoms with Crippen molar-refractivity contribution in [2.75, 3.05) is 27.2 Å². The lowest BCUT2D eigenvalue weighted by Crippen LogP contribution is -2.34. The second kappa shape index (κ2) is 8.85. The fraction of sp³-hybridized carbons (Fsp3) is 0.316. The van der Waals surface area contributed by atoms with E-state index in [9.17, 15) is 4.79 Å². The molecule has 0 aliphatic rings. The van der Waals surface area contributed by atoms with Crippen LogP contribution in [0.25, 0.3) is 0 Å². The van der Waals surface area contributed by atoms with Crippen LogP contribution in [0.4, 0.5) is 0 Å². The standard InChI is InChI=1S/C19H23BrN2O2/c1-4-24-15-11-9-14(10-12-15)18(22(2)3)13-21-19(23)16-7-5-6-8-17(16)20/h5-12,18H,4,13H2,1-3H3,(H,21,23). The third-order valence-electron chi connectivity index (χ3n) is 3.77. The zero-order valence-corrected chi connectivity index (χ0v) is 15.8. The van der Waals surface area contributed by atoms with Gasteiger partial charge in [0.2, 0.25) is 0 Å². The van der Waals surface area contributed by atoms with E-state index in [1.807, 2.05) is 63.5 Å². The van der Waals surface area contributed by atoms with Crippen LogP contribution >= 0.6 is 15.9 Å². The Morgan fingerprint density at radius 3 is 2.42 bits per heavy atom. The van der Waals surface area contributed by atoms with Crippen molar-refractivity contribution < 1.29 is 9.53 Å². The van der Waals surface area contributed by atoms with Crippen molar-refractivity contribution in [3.63, 3.8) is 0 Å². The van der Waals surface area contributed by atoms with Crippen molar-refractivity contribution in [2.45, 2.75) is 13.0 Å². The molecule has 2 rings (SSSR count). The minimum absolute atomic E-state index is 0.0831. The van der Waals surface area contributed by atoms with Crippen LogP contribution in [0.2, 0.25) is 0 Å². The number of amides is 1. The van der Waals surface area contributed by atoms with Crippen LogP contribution in [0.1, 0.15) is 28.9 Å². The van der Waals surface area contributed by atoms with Crippen LogP contribution in [0.3, 0.4) is 0 Å². The predicted molar refractivity (Wildman–Crippen MR) is 101 cm³/mol. The number of hydrogen-bond acceptors (Lipinski definition) is 3. The third kappa shape index (κ3) is 4.82. The summed E-state index contributed by atoms with van der Waals surface area (Å²) in [6.07, 6.45) is 0. The highest BCUT2D eigenvalue weighted by atomic mass is 79.9. The maximum absolute atomic E-state index is 12.4. The van der Waals surface area contributed by atoms with Crippen molar-refractivity contribution >= 4 is 21.8 Å². The van der Waals surface area contributed by atoms with Crippen molar-refractivity contribution in [2.24, 2.45) is 0 Å². The van der Waals surface area contributed by atoms with Gasteiger partial charge in [-0.25, -0.2) is 0 Å². The molecule has 2 aromatic rings. The van der Waals surface area contributed by atoms with Crippen molar-refractivity contribution in [1.82, 2.24) is 10.2 Å². The first kappa shape index (κ1) is 18.5. The van der Waals surface area contributed by atoms with Gasteiger partial charge in [-0.05, 0) is 66.8 Å². The highest BCUT2D eigenvalue weighted by Gasteiger charge is 2.17. The van der Waals surface area contributed by atoms with Crippen LogP contribution in [0.5, 0.6) is 5.75 Å². The number of benzene rings is 2. The van der Waals surface area contributed by atoms with E-state index in [1.165, 1.54) is 0 Å². The molecule has 0 aliphatic carbocycles. The quantitative estimate of drug-likeness (QED) is 0.779. The van der Waals surface area contributed by atoms with Gasteiger partial charge in [0.25, 0.3) is 5.91 Å². The molecule has 128 valence electrons. The fourth-order valence-electron chi connectivity index (χ4n) is 2.48. The number of hydrogen-bond donors (Lipinski definition) is 1. The molecule has 0 aliphatic heterocycles. The summed E-state index contributed by atoms with van der Waals surface area (Å²) in [5.74, 6) is 0.774. The Morgan fingerprint density at radius 2 is 1.83 bits per heavy atom. The highest BCUT2D eigenvalue weighted by Crippen LogP contribution is 2.21. The zero-order chi connectivity index (χ0) is 17.5. The summed E-state index contributed by atoms with van der Waals surface area (Å²) in [5, 5.41) is 3.02. The second-order valence-electron chi connectivity index (χ2n) is 5.67. The highest BCUT2D eigenvalue weighted by molar-refractivity contribution is 9.10. The first-order valence-electron chi connectivity index (χ1n) is 7.94. The largest absolute Gasteiger partial charge is 0.494 e. The van der Waals surface area contributed by atoms with Gasteiger partial charge in [0.1, 0.15) is 5.75 Å². The molecule has 0 aromatic heterocycles. The summed E-state index contributed by atoms with van der Waals surface area (Å²) in [7, 11) is 4.01. The maximum atomic E-state index is 12.4. The van der Waals surface area contributed by atoms with Gasteiger partial charge in [0.15, 0.2) is 0 Å². The van der Waals surface area contributed by atoms with Crippen molar-refractivity contribution in [3.8, 4) is 5.75 Å². The topological polar surface area (TPSA) is 41.6 Å². The summed E-state index contributed by atoms with van der Waals surface area (Å²) in [6.45, 7) is 3.15. The van der Waals surface area contributed by atoms with Crippen LogP contribution in [-0.2, 0) is 0 Å². The van der Waals surface area contributed by atoms with E-state index >= 15 is 0 Å². The Hall–Kier alpha value is -1.85. The van der Waals surface area contributed by atoms with Crippen LogP contribution in [0.15, 0.2) is 53.0 Å². The number of nitrogens with zero attached hydrogens (tertiary/aromatic N) is 1. The van der Waals surface area contributed by atoms with Crippen molar-refractivity contribution in [3.05, 3.63) is 64.1 Å². The zero-order valence-electron chi connectivity index (χ0n) is 14.3. The first-order valence-corrected chi connectivity index (χ1v) is 8.74. The Labute approximate surface area is 151 Å². The van der Waals surface area contributed by atoms with E-state index < -0.39 is 0 Å². The van der Waals surface area contributed by atoms with Gasteiger partial charge in [0, 0.05) is 11.0 Å². The summed E-state index contributed by atoms with van der Waals surface area (Å²) in [5.41, 5.74) is 1.78. The molecule has 4 nitrogen and oxygen atoms in total. The summed E-state index contributed by atoms with van der Waals surface area (Å²) >= 11 is 3.42. The van der Waals surface area contributed by atoms with Crippen LogP contribution in [-0.4, -0.2) is 38.1 Å². The van der Waals surface area contributed by atoms with Gasteiger partial charge in [-0.2, -0.15) is 0 Å². The minimum Gasteiger partial charge on any atom is -0.494 e. The minimum atomic E-state index is -0.0831. The van der Waals surface area contributed by atoms with Gasteiger partial charge in [-0.3, -0.25) is 4.79 Å². The monoisotopic (exact) mass is 390 g/mol. The van der Waals surface area contributed by atoms with E-state index in [-0.39, 0.29) is 11.9 Å². The molecule has 0 saturated carbocycles. The molecule has 0 bridgehead atoms. The van der Waals surface area contributed by atoms with Gasteiger partial charge >= 0.3 is 0 Å². The molecule has 0 saturated heterocycles. The fourth-order valence-corrected chi connectivity index (χ4v) is 2.95. The average Bonchev–Trinajstić information content (AvgIpc) is 2.56. The lowest BCUT2D eigenvalue weighted by Gasteiger charge is -2.25. The normalized spacial score (nSPS) is 12.0. The van der Waals surface area contributed by atoms with E-state index in [1.54, 1.807) is 6.07 Å². The molecule has 1 N–H and O–H groups in total. The molecule has 1 atom stereocenters. The number of ether oxygens (including phenoxy) is 1. The number of likely N-dealkylation sites (N-methyl/N-ethyl adjacent to an activating group) is 1. The molecular weight excluding hydrogens is 368 g/mol. The van der Waals surface area contributed by atoms with E-state index in [4.69, 9.17) is 4.74 Å². The molecule has 0 heterocycles. The first-order chi connectivity index (χ1) is 11.5. The maximum Gasteiger partial charge on any atom is 0.252 e. The number of rotatable bonds is 7. The smallest absolute Gasteiger partial charge is 0.252 e. The molecule has 0 radical (unpaired) electrons. The van der Waals surface area contributed by atoms with Gasteiger partial charge in [-0.15, -0.1) is 0 Å². The number of carbonyl (C=O) groups is 1. The SMILES string of the molecule is CCOc1ccc(C(CNC(=O)c2ccccc2Br)N(C)C)cc1. The summed E-state index contributed by atoms with van der Waals surface area (Å²) < 4.78 is 6.28. The van der Waals surface area contributed by atoms with Crippen molar-refractivity contribution in [1.29, 1.82) is 0 Å². The second-order valence-corrected chi connectivity index (χ2v) is 6.53. The summed E-state index contributed by atoms with van der Waals surface area (Å²) in [4.78, 5) is 14.5. The molecule has 2 aromatic carbocycles. The van der Waals surface area contributed by atoms with E-state index in [0.717, 1.165) is 15.8 Å². The molecule has 0 fully saturated rings. The number of halogens is 1. The molecule has 5 heteroatoms. The Balaban J connectivity index is 2.06. The van der Waals surface area contributed by atoms with E-state index in [2.05, 4.69) is 26.1 Å². The molecule has 1 amide bonds.